The summed E-state index contributed by atoms with van der Waals surface area (Å²) in [6.07, 6.45) is 1.42. The van der Waals surface area contributed by atoms with Crippen molar-refractivity contribution in [3.8, 4) is 5.75 Å². The summed E-state index contributed by atoms with van der Waals surface area (Å²) in [6.45, 7) is 6.26. The lowest BCUT2D eigenvalue weighted by Crippen LogP contribution is -2.49. The first kappa shape index (κ1) is 14.8. The van der Waals surface area contributed by atoms with Gasteiger partial charge in [0, 0.05) is 19.5 Å². The highest BCUT2D eigenvalue weighted by Gasteiger charge is 2.19. The molecule has 5 heteroatoms. The molecule has 20 heavy (non-hydrogen) atoms. The van der Waals surface area contributed by atoms with Crippen molar-refractivity contribution < 1.29 is 9.53 Å². The van der Waals surface area contributed by atoms with E-state index in [9.17, 15) is 4.79 Å². The largest absolute Gasteiger partial charge is 0.494 e. The fourth-order valence-corrected chi connectivity index (χ4v) is 2.56. The maximum Gasteiger partial charge on any atom is 0.227 e. The molecule has 1 aliphatic heterocycles. The van der Waals surface area contributed by atoms with Crippen LogP contribution in [0, 0.1) is 6.92 Å². The summed E-state index contributed by atoms with van der Waals surface area (Å²) in [4.78, 5) is 13.2. The minimum absolute atomic E-state index is 0.0168. The molecule has 1 N–H and O–H groups in total. The van der Waals surface area contributed by atoms with E-state index in [0.29, 0.717) is 24.7 Å². The molecule has 0 aliphatic carbocycles. The lowest BCUT2D eigenvalue weighted by atomic mass is 10.1. The second kappa shape index (κ2) is 6.70. The van der Waals surface area contributed by atoms with Crippen molar-refractivity contribution in [2.75, 3.05) is 19.7 Å². The van der Waals surface area contributed by atoms with Gasteiger partial charge in [0.05, 0.1) is 6.61 Å². The van der Waals surface area contributed by atoms with Gasteiger partial charge in [-0.25, -0.2) is 0 Å². The Morgan fingerprint density at radius 1 is 1.45 bits per heavy atom. The van der Waals surface area contributed by atoms with E-state index in [0.717, 1.165) is 24.3 Å². The van der Waals surface area contributed by atoms with E-state index in [1.165, 1.54) is 5.56 Å². The molecular formula is C15H20N2O2S. The summed E-state index contributed by atoms with van der Waals surface area (Å²) in [6, 6.07) is 6.25. The van der Waals surface area contributed by atoms with E-state index in [2.05, 4.69) is 24.4 Å². The quantitative estimate of drug-likeness (QED) is 0.843. The molecule has 1 saturated heterocycles. The fourth-order valence-electron chi connectivity index (χ4n) is 2.26. The first-order valence-electron chi connectivity index (χ1n) is 6.91. The number of amides is 1. The Morgan fingerprint density at radius 3 is 2.90 bits per heavy atom. The topological polar surface area (TPSA) is 41.6 Å². The van der Waals surface area contributed by atoms with Crippen LogP contribution in [0.15, 0.2) is 18.2 Å². The van der Waals surface area contributed by atoms with Crippen LogP contribution in [0.25, 0.3) is 0 Å². The number of thiocarbonyl (C=S) groups is 1. The van der Waals surface area contributed by atoms with E-state index in [1.54, 1.807) is 0 Å². The van der Waals surface area contributed by atoms with E-state index >= 15 is 0 Å². The van der Waals surface area contributed by atoms with Crippen LogP contribution in [0.1, 0.15) is 24.5 Å². The Hall–Kier alpha value is -1.62. The molecule has 4 nitrogen and oxygen atoms in total. The van der Waals surface area contributed by atoms with Crippen molar-refractivity contribution in [2.45, 2.75) is 26.7 Å². The molecule has 0 bridgehead atoms. The molecule has 0 radical (unpaired) electrons. The van der Waals surface area contributed by atoms with Gasteiger partial charge < -0.3 is 15.0 Å². The minimum atomic E-state index is 0.0168. The highest BCUT2D eigenvalue weighted by Crippen LogP contribution is 2.19. The van der Waals surface area contributed by atoms with Crippen molar-refractivity contribution in [3.05, 3.63) is 29.3 Å². The van der Waals surface area contributed by atoms with Crippen LogP contribution >= 0.6 is 12.2 Å². The summed E-state index contributed by atoms with van der Waals surface area (Å²) >= 11 is 5.17. The zero-order chi connectivity index (χ0) is 14.5. The number of ether oxygens (including phenoxy) is 1. The standard InChI is InChI=1S/C15H20N2O2S/c1-3-19-13-5-4-12(10-11(13)2)6-8-17-9-7-14(18)16-15(17)20/h4-5,10H,3,6-9H2,1-2H3,(H,16,18,20). The first-order chi connectivity index (χ1) is 9.60. The monoisotopic (exact) mass is 292 g/mol. The zero-order valence-corrected chi connectivity index (χ0v) is 12.8. The van der Waals surface area contributed by atoms with Gasteiger partial charge in [-0.15, -0.1) is 0 Å². The number of aryl methyl sites for hydroxylation is 1. The van der Waals surface area contributed by atoms with Crippen molar-refractivity contribution >= 4 is 23.2 Å². The van der Waals surface area contributed by atoms with Gasteiger partial charge in [0.1, 0.15) is 5.75 Å². The number of hydrogen-bond donors (Lipinski definition) is 1. The number of carbonyl (C=O) groups is 1. The third-order valence-electron chi connectivity index (χ3n) is 3.35. The van der Waals surface area contributed by atoms with Crippen LogP contribution in [-0.4, -0.2) is 35.6 Å². The third-order valence-corrected chi connectivity index (χ3v) is 3.71. The number of benzene rings is 1. The summed E-state index contributed by atoms with van der Waals surface area (Å²) in [7, 11) is 0. The lowest BCUT2D eigenvalue weighted by molar-refractivity contribution is -0.120. The normalized spacial score (nSPS) is 15.2. The van der Waals surface area contributed by atoms with Crippen molar-refractivity contribution in [3.63, 3.8) is 0 Å². The fraction of sp³-hybridized carbons (Fsp3) is 0.467. The molecule has 0 aromatic heterocycles. The average Bonchev–Trinajstić information content (AvgIpc) is 2.41. The lowest BCUT2D eigenvalue weighted by Gasteiger charge is -2.29. The Morgan fingerprint density at radius 2 is 2.25 bits per heavy atom. The molecule has 0 saturated carbocycles. The Labute approximate surface area is 125 Å². The maximum atomic E-state index is 11.2. The van der Waals surface area contributed by atoms with Gasteiger partial charge in [0.15, 0.2) is 5.11 Å². The van der Waals surface area contributed by atoms with E-state index in [-0.39, 0.29) is 5.91 Å². The molecule has 1 amide bonds. The molecule has 1 aromatic carbocycles. The van der Waals surface area contributed by atoms with Crippen molar-refractivity contribution in [1.82, 2.24) is 10.2 Å². The Balaban J connectivity index is 1.92. The van der Waals surface area contributed by atoms with E-state index in [4.69, 9.17) is 17.0 Å². The molecule has 1 aromatic rings. The second-order valence-electron chi connectivity index (χ2n) is 4.87. The molecule has 0 spiro atoms. The summed E-state index contributed by atoms with van der Waals surface area (Å²) in [5.74, 6) is 0.958. The molecular weight excluding hydrogens is 272 g/mol. The first-order valence-corrected chi connectivity index (χ1v) is 7.32. The molecule has 0 atom stereocenters. The Bertz CT molecular complexity index is 517. The van der Waals surface area contributed by atoms with Crippen molar-refractivity contribution in [1.29, 1.82) is 0 Å². The van der Waals surface area contributed by atoms with Gasteiger partial charge in [0.2, 0.25) is 5.91 Å². The number of carbonyl (C=O) groups excluding carboxylic acids is 1. The van der Waals surface area contributed by atoms with Gasteiger partial charge in [-0.2, -0.15) is 0 Å². The zero-order valence-electron chi connectivity index (χ0n) is 11.9. The summed E-state index contributed by atoms with van der Waals surface area (Å²) in [5.41, 5.74) is 2.41. The highest BCUT2D eigenvalue weighted by molar-refractivity contribution is 7.80. The SMILES string of the molecule is CCOc1ccc(CCN2CCC(=O)NC2=S)cc1C. The number of nitrogens with zero attached hydrogens (tertiary/aromatic N) is 1. The summed E-state index contributed by atoms with van der Waals surface area (Å²) < 4.78 is 5.54. The van der Waals surface area contributed by atoms with Crippen molar-refractivity contribution in [2.24, 2.45) is 0 Å². The smallest absolute Gasteiger partial charge is 0.227 e. The van der Waals surface area contributed by atoms with Crippen LogP contribution in [0.3, 0.4) is 0 Å². The van der Waals surface area contributed by atoms with Gasteiger partial charge >= 0.3 is 0 Å². The van der Waals surface area contributed by atoms with Crippen LogP contribution in [-0.2, 0) is 11.2 Å². The van der Waals surface area contributed by atoms with Crippen LogP contribution in [0.2, 0.25) is 0 Å². The maximum absolute atomic E-state index is 11.2. The molecule has 1 fully saturated rings. The molecule has 1 aliphatic rings. The van der Waals surface area contributed by atoms with Crippen LogP contribution < -0.4 is 10.1 Å². The van der Waals surface area contributed by atoms with Gasteiger partial charge in [-0.05, 0) is 49.7 Å². The van der Waals surface area contributed by atoms with Gasteiger partial charge in [-0.3, -0.25) is 4.79 Å². The van der Waals surface area contributed by atoms with E-state index < -0.39 is 0 Å². The predicted octanol–water partition coefficient (Wildman–Crippen LogP) is 2.04. The van der Waals surface area contributed by atoms with Crippen LogP contribution in [0.4, 0.5) is 0 Å². The molecule has 1 heterocycles. The minimum Gasteiger partial charge on any atom is -0.494 e. The summed E-state index contributed by atoms with van der Waals surface area (Å²) in [5, 5.41) is 3.25. The average molecular weight is 292 g/mol. The predicted molar refractivity (Wildman–Crippen MR) is 83.0 cm³/mol. The second-order valence-corrected chi connectivity index (χ2v) is 5.26. The molecule has 108 valence electrons. The molecule has 0 unspecified atom stereocenters. The highest BCUT2D eigenvalue weighted by atomic mass is 32.1. The molecule has 2 rings (SSSR count). The van der Waals surface area contributed by atoms with Gasteiger partial charge in [-0.1, -0.05) is 12.1 Å². The van der Waals surface area contributed by atoms with Crippen LogP contribution in [0.5, 0.6) is 5.75 Å². The van der Waals surface area contributed by atoms with Gasteiger partial charge in [0.25, 0.3) is 0 Å². The number of nitrogens with one attached hydrogen (secondary N) is 1. The number of rotatable bonds is 5. The van der Waals surface area contributed by atoms with E-state index in [1.807, 2.05) is 17.9 Å². The third kappa shape index (κ3) is 3.70. The Kier molecular flexibility index (Phi) is 4.95. The number of hydrogen-bond acceptors (Lipinski definition) is 3.